The lowest BCUT2D eigenvalue weighted by Crippen LogP contribution is -2.30. The highest BCUT2D eigenvalue weighted by atomic mass is 14.9. The molecule has 0 amide bonds. The Kier molecular flexibility index (Phi) is 3.90. The first-order valence-corrected chi connectivity index (χ1v) is 7.83. The largest absolute Gasteiger partial charge is 0.330 e. The van der Waals surface area contributed by atoms with Gasteiger partial charge in [-0.1, -0.05) is 18.2 Å². The van der Waals surface area contributed by atoms with Crippen LogP contribution in [0.25, 0.3) is 0 Å². The van der Waals surface area contributed by atoms with Gasteiger partial charge in [0.2, 0.25) is 0 Å². The Labute approximate surface area is 116 Å². The van der Waals surface area contributed by atoms with E-state index >= 15 is 0 Å². The van der Waals surface area contributed by atoms with Crippen LogP contribution in [-0.2, 0) is 19.3 Å². The van der Waals surface area contributed by atoms with Gasteiger partial charge in [0.15, 0.2) is 0 Å². The zero-order valence-electron chi connectivity index (χ0n) is 11.9. The van der Waals surface area contributed by atoms with Gasteiger partial charge in [-0.25, -0.2) is 0 Å². The molecule has 0 saturated heterocycles. The van der Waals surface area contributed by atoms with Crippen LogP contribution >= 0.6 is 0 Å². The van der Waals surface area contributed by atoms with Crippen molar-refractivity contribution in [2.45, 2.75) is 44.9 Å². The van der Waals surface area contributed by atoms with Gasteiger partial charge in [0, 0.05) is 6.54 Å². The number of hydrogen-bond donors (Lipinski definition) is 2. The van der Waals surface area contributed by atoms with E-state index in [2.05, 4.69) is 23.5 Å². The van der Waals surface area contributed by atoms with Crippen LogP contribution in [0.15, 0.2) is 18.2 Å². The summed E-state index contributed by atoms with van der Waals surface area (Å²) in [6.07, 6.45) is 9.08. The van der Waals surface area contributed by atoms with E-state index in [0.717, 1.165) is 26.1 Å². The van der Waals surface area contributed by atoms with Crippen molar-refractivity contribution in [2.24, 2.45) is 11.1 Å². The van der Waals surface area contributed by atoms with Gasteiger partial charge in [-0.05, 0) is 80.1 Å². The van der Waals surface area contributed by atoms with Gasteiger partial charge in [0.1, 0.15) is 0 Å². The zero-order valence-corrected chi connectivity index (χ0v) is 11.9. The molecule has 3 N–H and O–H groups in total. The molecule has 2 nitrogen and oxygen atoms in total. The summed E-state index contributed by atoms with van der Waals surface area (Å²) < 4.78 is 0. The fourth-order valence-electron chi connectivity index (χ4n) is 3.16. The van der Waals surface area contributed by atoms with Gasteiger partial charge in [-0.2, -0.15) is 0 Å². The highest BCUT2D eigenvalue weighted by Crippen LogP contribution is 2.43. The van der Waals surface area contributed by atoms with Crippen molar-refractivity contribution in [2.75, 3.05) is 19.6 Å². The molecule has 19 heavy (non-hydrogen) atoms. The van der Waals surface area contributed by atoms with Gasteiger partial charge in [0.05, 0.1) is 0 Å². The molecule has 0 aliphatic heterocycles. The molecule has 0 aromatic heterocycles. The third kappa shape index (κ3) is 3.18. The van der Waals surface area contributed by atoms with Crippen LogP contribution in [0.1, 0.15) is 42.4 Å². The second-order valence-corrected chi connectivity index (χ2v) is 6.44. The van der Waals surface area contributed by atoms with Gasteiger partial charge in [-0.3, -0.25) is 0 Å². The summed E-state index contributed by atoms with van der Waals surface area (Å²) in [6.45, 7) is 3.04. The lowest BCUT2D eigenvalue weighted by Gasteiger charge is -2.17. The molecule has 104 valence electrons. The third-order valence-corrected chi connectivity index (χ3v) is 4.89. The Morgan fingerprint density at radius 2 is 1.89 bits per heavy atom. The van der Waals surface area contributed by atoms with Crippen molar-refractivity contribution in [3.63, 3.8) is 0 Å². The maximum Gasteiger partial charge on any atom is 0.00200 e. The Morgan fingerprint density at radius 3 is 2.63 bits per heavy atom. The third-order valence-electron chi connectivity index (χ3n) is 4.89. The second-order valence-electron chi connectivity index (χ2n) is 6.44. The van der Waals surface area contributed by atoms with Crippen LogP contribution in [0.3, 0.4) is 0 Å². The maximum atomic E-state index is 5.80. The van der Waals surface area contributed by atoms with Crippen molar-refractivity contribution in [1.82, 2.24) is 5.32 Å². The molecule has 2 aliphatic carbocycles. The average Bonchev–Trinajstić information content (AvgIpc) is 3.24. The van der Waals surface area contributed by atoms with Crippen LogP contribution in [0, 0.1) is 5.41 Å². The molecular formula is C17H26N2. The molecule has 1 fully saturated rings. The smallest absolute Gasteiger partial charge is 0.00200 e. The van der Waals surface area contributed by atoms with Crippen LogP contribution in [0.4, 0.5) is 0 Å². The van der Waals surface area contributed by atoms with E-state index in [1.54, 1.807) is 11.1 Å². The van der Waals surface area contributed by atoms with Crippen molar-refractivity contribution < 1.29 is 0 Å². The molecule has 1 saturated carbocycles. The van der Waals surface area contributed by atoms with Gasteiger partial charge >= 0.3 is 0 Å². The number of nitrogens with two attached hydrogens (primary N) is 1. The molecular weight excluding hydrogens is 232 g/mol. The molecule has 0 unspecified atom stereocenters. The van der Waals surface area contributed by atoms with E-state index in [4.69, 9.17) is 5.73 Å². The second kappa shape index (κ2) is 5.64. The Hall–Kier alpha value is -0.860. The van der Waals surface area contributed by atoms with Crippen LogP contribution in [0.2, 0.25) is 0 Å². The summed E-state index contributed by atoms with van der Waals surface area (Å²) in [5.41, 5.74) is 10.9. The molecule has 2 heteroatoms. The zero-order chi connectivity index (χ0) is 13.1. The molecule has 0 radical (unpaired) electrons. The average molecular weight is 258 g/mol. The Bertz CT molecular complexity index is 435. The quantitative estimate of drug-likeness (QED) is 0.769. The monoisotopic (exact) mass is 258 g/mol. The standard InChI is InChI=1S/C17H26N2/c18-12-17(8-9-17)13-19-10-7-14-5-6-15-3-1-2-4-16(15)11-14/h5-6,11,19H,1-4,7-10,12-13,18H2. The number of fused-ring (bicyclic) bond motifs is 1. The minimum absolute atomic E-state index is 0.454. The summed E-state index contributed by atoms with van der Waals surface area (Å²) >= 11 is 0. The Balaban J connectivity index is 1.47. The summed E-state index contributed by atoms with van der Waals surface area (Å²) in [4.78, 5) is 0. The normalized spacial score (nSPS) is 20.1. The van der Waals surface area contributed by atoms with E-state index in [1.807, 2.05) is 0 Å². The number of benzene rings is 1. The first-order chi connectivity index (χ1) is 9.31. The molecule has 3 rings (SSSR count). The molecule has 0 atom stereocenters. The van der Waals surface area contributed by atoms with E-state index in [1.165, 1.54) is 44.1 Å². The van der Waals surface area contributed by atoms with Crippen molar-refractivity contribution >= 4 is 0 Å². The fourth-order valence-corrected chi connectivity index (χ4v) is 3.16. The minimum atomic E-state index is 0.454. The molecule has 0 bridgehead atoms. The van der Waals surface area contributed by atoms with Crippen LogP contribution in [-0.4, -0.2) is 19.6 Å². The molecule has 2 aliphatic rings. The first-order valence-electron chi connectivity index (χ1n) is 7.83. The lowest BCUT2D eigenvalue weighted by molar-refractivity contribution is 0.470. The summed E-state index contributed by atoms with van der Waals surface area (Å²) in [5, 5.41) is 3.59. The molecule has 1 aromatic carbocycles. The lowest BCUT2D eigenvalue weighted by atomic mass is 9.90. The molecule has 0 heterocycles. The summed E-state index contributed by atoms with van der Waals surface area (Å²) in [5.74, 6) is 0. The van der Waals surface area contributed by atoms with Gasteiger partial charge < -0.3 is 11.1 Å². The highest BCUT2D eigenvalue weighted by molar-refractivity contribution is 5.33. The number of rotatable bonds is 6. The van der Waals surface area contributed by atoms with Gasteiger partial charge in [0.25, 0.3) is 0 Å². The van der Waals surface area contributed by atoms with E-state index < -0.39 is 0 Å². The van der Waals surface area contributed by atoms with E-state index in [0.29, 0.717) is 5.41 Å². The predicted molar refractivity (Wildman–Crippen MR) is 80.4 cm³/mol. The number of nitrogens with one attached hydrogen (secondary N) is 1. The van der Waals surface area contributed by atoms with Crippen LogP contribution in [0.5, 0.6) is 0 Å². The molecule has 0 spiro atoms. The number of hydrogen-bond acceptors (Lipinski definition) is 2. The van der Waals surface area contributed by atoms with Crippen LogP contribution < -0.4 is 11.1 Å². The van der Waals surface area contributed by atoms with Crippen molar-refractivity contribution in [1.29, 1.82) is 0 Å². The SMILES string of the molecule is NCC1(CNCCc2ccc3c(c2)CCCC3)CC1. The summed E-state index contributed by atoms with van der Waals surface area (Å²) in [7, 11) is 0. The minimum Gasteiger partial charge on any atom is -0.330 e. The van der Waals surface area contributed by atoms with Crippen molar-refractivity contribution in [3.8, 4) is 0 Å². The summed E-state index contributed by atoms with van der Waals surface area (Å²) in [6, 6.07) is 7.11. The van der Waals surface area contributed by atoms with Gasteiger partial charge in [-0.15, -0.1) is 0 Å². The maximum absolute atomic E-state index is 5.80. The van der Waals surface area contributed by atoms with E-state index in [9.17, 15) is 0 Å². The topological polar surface area (TPSA) is 38.0 Å². The van der Waals surface area contributed by atoms with E-state index in [-0.39, 0.29) is 0 Å². The van der Waals surface area contributed by atoms with Crippen molar-refractivity contribution in [3.05, 3.63) is 34.9 Å². The number of aryl methyl sites for hydroxylation is 2. The highest BCUT2D eigenvalue weighted by Gasteiger charge is 2.40. The fraction of sp³-hybridized carbons (Fsp3) is 0.647. The predicted octanol–water partition coefficient (Wildman–Crippen LogP) is 2.44. The Morgan fingerprint density at radius 1 is 1.11 bits per heavy atom. The first kappa shape index (κ1) is 13.1. The molecule has 1 aromatic rings.